The third-order valence-electron chi connectivity index (χ3n) is 0.872. The molecule has 70 valence electrons. The van der Waals surface area contributed by atoms with Gasteiger partial charge in [-0.2, -0.15) is 0 Å². The van der Waals surface area contributed by atoms with Crippen LogP contribution in [0.5, 0.6) is 0 Å². The molecule has 0 saturated carbocycles. The number of nitrogens with zero attached hydrogens (tertiary/aromatic N) is 3. The van der Waals surface area contributed by atoms with E-state index in [-0.39, 0.29) is 18.8 Å². The summed E-state index contributed by atoms with van der Waals surface area (Å²) in [6.45, 7) is 1.83. The zero-order valence-electron chi connectivity index (χ0n) is 6.64. The molecule has 0 spiro atoms. The first-order chi connectivity index (χ1) is 5.20. The normalized spacial score (nSPS) is 10.5. The Labute approximate surface area is 76.1 Å². The fourth-order valence-corrected chi connectivity index (χ4v) is 0.472. The lowest BCUT2D eigenvalue weighted by Crippen LogP contribution is -2.24. The van der Waals surface area contributed by atoms with E-state index in [1.807, 2.05) is 6.92 Å². The van der Waals surface area contributed by atoms with Gasteiger partial charge in [-0.1, -0.05) is 6.92 Å². The van der Waals surface area contributed by atoms with Crippen LogP contribution in [0.3, 0.4) is 0 Å². The monoisotopic (exact) mass is 194 g/mol. The molecule has 0 bridgehead atoms. The molecule has 0 aromatic carbocycles. The molecule has 0 aromatic heterocycles. The van der Waals surface area contributed by atoms with Crippen LogP contribution in [0.4, 0.5) is 0 Å². The van der Waals surface area contributed by atoms with Crippen molar-refractivity contribution in [3.8, 4) is 0 Å². The molecule has 1 atom stereocenters. The van der Waals surface area contributed by atoms with Crippen molar-refractivity contribution in [2.24, 2.45) is 10.8 Å². The van der Waals surface area contributed by atoms with E-state index in [2.05, 4.69) is 14.8 Å². The van der Waals surface area contributed by atoms with Crippen molar-refractivity contribution in [2.45, 2.75) is 26.1 Å². The molecule has 7 heteroatoms. The van der Waals surface area contributed by atoms with Gasteiger partial charge >= 0.3 is 5.97 Å². The Morgan fingerprint density at radius 2 is 2.42 bits per heavy atom. The van der Waals surface area contributed by atoms with E-state index in [0.29, 0.717) is 6.42 Å². The summed E-state index contributed by atoms with van der Waals surface area (Å²) in [6.07, 6.45) is -0.227. The van der Waals surface area contributed by atoms with E-state index in [4.69, 9.17) is 11.3 Å². The average molecular weight is 195 g/mol. The summed E-state index contributed by atoms with van der Waals surface area (Å²) in [7, 11) is 0. The van der Waals surface area contributed by atoms with Gasteiger partial charge in [0.1, 0.15) is 0 Å². The first-order valence-electron chi connectivity index (χ1n) is 3.20. The molecule has 0 aliphatic rings. The van der Waals surface area contributed by atoms with Gasteiger partial charge in [-0.25, -0.2) is 0 Å². The lowest BCUT2D eigenvalue weighted by Gasteiger charge is -2.05. The molecule has 0 amide bonds. The van der Waals surface area contributed by atoms with Gasteiger partial charge in [-0.15, -0.1) is 12.4 Å². The largest absolute Gasteiger partial charge is 0.440 e. The molecule has 0 radical (unpaired) electrons. The van der Waals surface area contributed by atoms with Crippen molar-refractivity contribution < 1.29 is 9.53 Å². The van der Waals surface area contributed by atoms with Crippen molar-refractivity contribution in [1.82, 2.24) is 0 Å². The fourth-order valence-electron chi connectivity index (χ4n) is 0.472. The number of hydrogen-bond donors (Lipinski definition) is 1. The highest BCUT2D eigenvalue weighted by Crippen LogP contribution is 1.94. The van der Waals surface area contributed by atoms with Crippen molar-refractivity contribution in [2.75, 3.05) is 0 Å². The number of ether oxygens (including phenoxy) is 1. The van der Waals surface area contributed by atoms with E-state index in [1.165, 1.54) is 0 Å². The zero-order chi connectivity index (χ0) is 8.69. The van der Waals surface area contributed by atoms with E-state index in [0.717, 1.165) is 0 Å². The first-order valence-corrected chi connectivity index (χ1v) is 3.20. The molecule has 2 N–H and O–H groups in total. The van der Waals surface area contributed by atoms with Gasteiger partial charge in [0, 0.05) is 11.3 Å². The Bertz CT molecular complexity index is 180. The predicted molar refractivity (Wildman–Crippen MR) is 45.4 cm³/mol. The van der Waals surface area contributed by atoms with Crippen LogP contribution in [0.2, 0.25) is 0 Å². The number of nitrogens with two attached hydrogens (primary N) is 1. The van der Waals surface area contributed by atoms with Gasteiger partial charge in [-0.05, 0) is 17.1 Å². The second-order valence-corrected chi connectivity index (χ2v) is 1.84. The van der Waals surface area contributed by atoms with Crippen LogP contribution in [0.1, 0.15) is 19.8 Å². The molecule has 6 nitrogen and oxygen atoms in total. The van der Waals surface area contributed by atoms with Crippen LogP contribution in [0, 0.1) is 0 Å². The van der Waals surface area contributed by atoms with Crippen molar-refractivity contribution in [3.05, 3.63) is 10.4 Å². The number of halogens is 1. The maximum atomic E-state index is 10.6. The number of carbonyl (C=O) groups excluding carboxylic acids is 1. The van der Waals surface area contributed by atoms with Crippen LogP contribution < -0.4 is 5.73 Å². The van der Waals surface area contributed by atoms with Gasteiger partial charge in [0.05, 0.1) is 0 Å². The second kappa shape index (κ2) is 8.13. The zero-order valence-corrected chi connectivity index (χ0v) is 7.45. The minimum Gasteiger partial charge on any atom is -0.440 e. The smallest absolute Gasteiger partial charge is 0.307 e. The Morgan fingerprint density at radius 1 is 1.83 bits per heavy atom. The molecular formula is C5H11ClN4O2. The van der Waals surface area contributed by atoms with Crippen LogP contribution in [-0.2, 0) is 9.53 Å². The molecule has 1 unspecified atom stereocenters. The summed E-state index contributed by atoms with van der Waals surface area (Å²) in [5, 5.41) is 2.96. The van der Waals surface area contributed by atoms with Crippen LogP contribution in [-0.4, -0.2) is 12.3 Å². The third-order valence-corrected chi connectivity index (χ3v) is 0.872. The van der Waals surface area contributed by atoms with Crippen LogP contribution >= 0.6 is 12.4 Å². The topological polar surface area (TPSA) is 101 Å². The highest BCUT2D eigenvalue weighted by Gasteiger charge is 2.05. The molecule has 0 heterocycles. The predicted octanol–water partition coefficient (Wildman–Crippen LogP) is 1.30. The Balaban J connectivity index is 0. The van der Waals surface area contributed by atoms with Gasteiger partial charge in [0.25, 0.3) is 0 Å². The maximum absolute atomic E-state index is 10.6. The number of carbonyl (C=O) groups is 1. The van der Waals surface area contributed by atoms with E-state index in [9.17, 15) is 4.79 Å². The maximum Gasteiger partial charge on any atom is 0.307 e. The molecular weight excluding hydrogens is 184 g/mol. The SMILES string of the molecule is CCCC(=O)OC(N)N=[N+]=[N-].Cl. The number of rotatable bonds is 4. The summed E-state index contributed by atoms with van der Waals surface area (Å²) in [4.78, 5) is 13.0. The van der Waals surface area contributed by atoms with Gasteiger partial charge in [0.2, 0.25) is 6.35 Å². The highest BCUT2D eigenvalue weighted by atomic mass is 35.5. The molecule has 0 fully saturated rings. The summed E-state index contributed by atoms with van der Waals surface area (Å²) in [5.74, 6) is -0.451. The first kappa shape index (κ1) is 13.6. The average Bonchev–Trinajstić information content (AvgIpc) is 1.87. The fraction of sp³-hybridized carbons (Fsp3) is 0.800. The summed E-state index contributed by atoms with van der Waals surface area (Å²) >= 11 is 0. The minimum absolute atomic E-state index is 0. The Kier molecular flexibility index (Phi) is 9.22. The lowest BCUT2D eigenvalue weighted by molar-refractivity contribution is -0.148. The quantitative estimate of drug-likeness (QED) is 0.240. The standard InChI is InChI=1S/C5H10N4O2.ClH/c1-2-3-4(10)11-5(6)8-9-7;/h5H,2-3,6H2,1H3;1H. The number of azide groups is 1. The molecule has 0 aliphatic carbocycles. The summed E-state index contributed by atoms with van der Waals surface area (Å²) in [6, 6.07) is 0. The van der Waals surface area contributed by atoms with Gasteiger partial charge in [0.15, 0.2) is 0 Å². The highest BCUT2D eigenvalue weighted by molar-refractivity contribution is 5.85. The molecule has 12 heavy (non-hydrogen) atoms. The number of esters is 1. The molecule has 0 aromatic rings. The van der Waals surface area contributed by atoms with E-state index in [1.54, 1.807) is 0 Å². The third kappa shape index (κ3) is 7.14. The lowest BCUT2D eigenvalue weighted by atomic mass is 10.3. The molecule has 0 aliphatic heterocycles. The Morgan fingerprint density at radius 3 is 2.83 bits per heavy atom. The van der Waals surface area contributed by atoms with Gasteiger partial charge in [-0.3, -0.25) is 10.5 Å². The summed E-state index contributed by atoms with van der Waals surface area (Å²) < 4.78 is 4.45. The van der Waals surface area contributed by atoms with Crippen molar-refractivity contribution >= 4 is 18.4 Å². The summed E-state index contributed by atoms with van der Waals surface area (Å²) in [5.41, 5.74) is 12.9. The number of hydrogen-bond acceptors (Lipinski definition) is 4. The van der Waals surface area contributed by atoms with E-state index >= 15 is 0 Å². The van der Waals surface area contributed by atoms with E-state index < -0.39 is 12.3 Å². The Hall–Kier alpha value is -0.970. The van der Waals surface area contributed by atoms with Crippen molar-refractivity contribution in [3.63, 3.8) is 0 Å². The second-order valence-electron chi connectivity index (χ2n) is 1.84. The minimum atomic E-state index is -1.20. The van der Waals surface area contributed by atoms with Crippen LogP contribution in [0.25, 0.3) is 10.4 Å². The molecule has 0 rings (SSSR count). The van der Waals surface area contributed by atoms with Crippen molar-refractivity contribution in [1.29, 1.82) is 0 Å². The van der Waals surface area contributed by atoms with Gasteiger partial charge < -0.3 is 4.74 Å². The molecule has 0 saturated heterocycles. The van der Waals surface area contributed by atoms with Crippen LogP contribution in [0.15, 0.2) is 5.11 Å².